The van der Waals surface area contributed by atoms with Gasteiger partial charge in [0.2, 0.25) is 0 Å². The summed E-state index contributed by atoms with van der Waals surface area (Å²) in [5.41, 5.74) is 0.517. The number of benzene rings is 2. The minimum absolute atomic E-state index is 0.000220. The Morgan fingerprint density at radius 3 is 2.39 bits per heavy atom. The molecule has 0 bridgehead atoms. The summed E-state index contributed by atoms with van der Waals surface area (Å²) in [4.78, 5) is 25.5. The summed E-state index contributed by atoms with van der Waals surface area (Å²) < 4.78 is 36.0. The van der Waals surface area contributed by atoms with E-state index in [9.17, 15) is 18.0 Å². The number of anilines is 1. The first-order valence-corrected chi connectivity index (χ1v) is 12.1. The quantitative estimate of drug-likeness (QED) is 0.469. The number of hydrogen-bond donors (Lipinski definition) is 0. The third-order valence-corrected chi connectivity index (χ3v) is 7.29. The molecule has 0 spiro atoms. The summed E-state index contributed by atoms with van der Waals surface area (Å²) in [5.74, 6) is -0.602. The minimum Gasteiger partial charge on any atom is -0.462 e. The van der Waals surface area contributed by atoms with E-state index < -0.39 is 21.6 Å². The summed E-state index contributed by atoms with van der Waals surface area (Å²) >= 11 is 6.13. The van der Waals surface area contributed by atoms with Gasteiger partial charge in [-0.2, -0.15) is 0 Å². The van der Waals surface area contributed by atoms with Gasteiger partial charge in [0.25, 0.3) is 15.6 Å². The Morgan fingerprint density at radius 1 is 1.15 bits per heavy atom. The van der Waals surface area contributed by atoms with Crippen LogP contribution in [0.3, 0.4) is 0 Å². The van der Waals surface area contributed by atoms with Crippen molar-refractivity contribution < 1.29 is 17.9 Å². The zero-order valence-electron chi connectivity index (χ0n) is 19.1. The first-order chi connectivity index (χ1) is 15.5. The molecule has 0 saturated carbocycles. The second kappa shape index (κ2) is 9.44. The second-order valence-electron chi connectivity index (χ2n) is 8.02. The summed E-state index contributed by atoms with van der Waals surface area (Å²) in [6.07, 6.45) is 0. The van der Waals surface area contributed by atoms with E-state index in [-0.39, 0.29) is 33.7 Å². The van der Waals surface area contributed by atoms with Crippen LogP contribution in [0.25, 0.3) is 5.69 Å². The van der Waals surface area contributed by atoms with Crippen LogP contribution in [0.1, 0.15) is 29.9 Å². The number of carbonyl (C=O) groups is 1. The number of hydrogen-bond acceptors (Lipinski definition) is 5. The number of rotatable bonds is 7. The molecule has 1 aromatic heterocycles. The second-order valence-corrected chi connectivity index (χ2v) is 10.4. The van der Waals surface area contributed by atoms with Crippen molar-refractivity contribution in [1.29, 1.82) is 0 Å². The number of esters is 1. The zero-order chi connectivity index (χ0) is 24.5. The van der Waals surface area contributed by atoms with Crippen molar-refractivity contribution in [1.82, 2.24) is 9.36 Å². The Hall–Kier alpha value is -3.04. The smallest absolute Gasteiger partial charge is 0.339 e. The number of para-hydroxylation sites is 1. The van der Waals surface area contributed by atoms with Gasteiger partial charge in [0, 0.05) is 14.1 Å². The Balaban J connectivity index is 2.05. The SMILES string of the molecule is Cc1c(N(C)S(=O)(=O)c2ccc(Cl)c(C(=O)OCC(C)C)c2)c(=O)n(-c2ccccc2)n1C. The summed E-state index contributed by atoms with van der Waals surface area (Å²) in [7, 11) is -1.20. The van der Waals surface area contributed by atoms with E-state index in [4.69, 9.17) is 16.3 Å². The Labute approximate surface area is 198 Å². The average Bonchev–Trinajstić information content (AvgIpc) is 3.00. The minimum atomic E-state index is -4.19. The molecule has 3 aromatic rings. The molecular weight excluding hydrogens is 466 g/mol. The van der Waals surface area contributed by atoms with Gasteiger partial charge in [0.05, 0.1) is 33.5 Å². The highest BCUT2D eigenvalue weighted by molar-refractivity contribution is 7.92. The molecule has 8 nitrogen and oxygen atoms in total. The lowest BCUT2D eigenvalue weighted by atomic mass is 10.2. The number of aromatic nitrogens is 2. The maximum atomic E-state index is 13.4. The molecule has 10 heteroatoms. The fourth-order valence-electron chi connectivity index (χ4n) is 3.34. The van der Waals surface area contributed by atoms with Gasteiger partial charge >= 0.3 is 5.97 Å². The Bertz CT molecular complexity index is 1340. The van der Waals surface area contributed by atoms with Crippen molar-refractivity contribution in [3.05, 3.63) is 75.2 Å². The number of nitrogens with zero attached hydrogens (tertiary/aromatic N) is 3. The zero-order valence-corrected chi connectivity index (χ0v) is 20.6. The standard InChI is InChI=1S/C23H26ClN3O5S/c1-15(2)14-32-23(29)19-13-18(11-12-20(19)24)33(30,31)26(5)21-16(3)25(4)27(22(21)28)17-9-7-6-8-10-17/h6-13,15H,14H2,1-5H3. The van der Waals surface area contributed by atoms with Gasteiger partial charge in [-0.15, -0.1) is 0 Å². The van der Waals surface area contributed by atoms with Crippen LogP contribution >= 0.6 is 11.6 Å². The van der Waals surface area contributed by atoms with Crippen LogP contribution in [0.2, 0.25) is 5.02 Å². The van der Waals surface area contributed by atoms with Gasteiger partial charge in [-0.1, -0.05) is 43.6 Å². The highest BCUT2D eigenvalue weighted by atomic mass is 35.5. The van der Waals surface area contributed by atoms with Crippen LogP contribution in [0.5, 0.6) is 0 Å². The van der Waals surface area contributed by atoms with Crippen molar-refractivity contribution in [3.8, 4) is 5.69 Å². The molecule has 1 heterocycles. The lowest BCUT2D eigenvalue weighted by Gasteiger charge is -2.19. The first-order valence-electron chi connectivity index (χ1n) is 10.3. The molecule has 3 rings (SSSR count). The molecule has 0 aliphatic carbocycles. The van der Waals surface area contributed by atoms with Crippen molar-refractivity contribution in [2.45, 2.75) is 25.7 Å². The van der Waals surface area contributed by atoms with Crippen LogP contribution in [0.4, 0.5) is 5.69 Å². The van der Waals surface area contributed by atoms with Gasteiger partial charge < -0.3 is 4.74 Å². The lowest BCUT2D eigenvalue weighted by molar-refractivity contribution is 0.0459. The first kappa shape index (κ1) is 24.6. The van der Waals surface area contributed by atoms with E-state index >= 15 is 0 Å². The van der Waals surface area contributed by atoms with E-state index in [1.54, 1.807) is 42.9 Å². The van der Waals surface area contributed by atoms with E-state index in [1.807, 2.05) is 19.9 Å². The maximum Gasteiger partial charge on any atom is 0.339 e. The van der Waals surface area contributed by atoms with Crippen LogP contribution in [-0.2, 0) is 21.8 Å². The predicted molar refractivity (Wildman–Crippen MR) is 128 cm³/mol. The van der Waals surface area contributed by atoms with Gasteiger partial charge in [-0.05, 0) is 43.2 Å². The van der Waals surface area contributed by atoms with Gasteiger partial charge in [0.15, 0.2) is 0 Å². The fraction of sp³-hybridized carbons (Fsp3) is 0.304. The van der Waals surface area contributed by atoms with E-state index in [0.29, 0.717) is 11.4 Å². The number of halogens is 1. The normalized spacial score (nSPS) is 11.6. The molecule has 0 fully saturated rings. The van der Waals surface area contributed by atoms with Gasteiger partial charge in [0.1, 0.15) is 5.69 Å². The summed E-state index contributed by atoms with van der Waals surface area (Å²) in [5, 5.41) is 0.0766. The fourth-order valence-corrected chi connectivity index (χ4v) is 4.80. The maximum absolute atomic E-state index is 13.4. The van der Waals surface area contributed by atoms with E-state index in [2.05, 4.69) is 0 Å². The molecule has 0 unspecified atom stereocenters. The third kappa shape index (κ3) is 4.69. The van der Waals surface area contributed by atoms with E-state index in [0.717, 1.165) is 4.31 Å². The molecule has 0 atom stereocenters. The number of sulfonamides is 1. The highest BCUT2D eigenvalue weighted by Gasteiger charge is 2.30. The van der Waals surface area contributed by atoms with Crippen molar-refractivity contribution in [2.24, 2.45) is 13.0 Å². The van der Waals surface area contributed by atoms with Crippen LogP contribution in [-0.4, -0.2) is 37.4 Å². The van der Waals surface area contributed by atoms with Crippen LogP contribution < -0.4 is 9.86 Å². The van der Waals surface area contributed by atoms with Crippen LogP contribution in [0, 0.1) is 12.8 Å². The molecule has 0 saturated heterocycles. The molecular formula is C23H26ClN3O5S. The molecule has 0 amide bonds. The van der Waals surface area contributed by atoms with Crippen LogP contribution in [0.15, 0.2) is 58.2 Å². The largest absolute Gasteiger partial charge is 0.462 e. The number of ether oxygens (including phenoxy) is 1. The highest BCUT2D eigenvalue weighted by Crippen LogP contribution is 2.27. The molecule has 0 N–H and O–H groups in total. The Kier molecular flexibility index (Phi) is 7.04. The topological polar surface area (TPSA) is 90.6 Å². The van der Waals surface area contributed by atoms with Crippen molar-refractivity contribution >= 4 is 33.3 Å². The monoisotopic (exact) mass is 491 g/mol. The molecule has 33 heavy (non-hydrogen) atoms. The number of carbonyl (C=O) groups excluding carboxylic acids is 1. The van der Waals surface area contributed by atoms with Crippen molar-refractivity contribution in [2.75, 3.05) is 18.0 Å². The third-order valence-electron chi connectivity index (χ3n) is 5.20. The summed E-state index contributed by atoms with van der Waals surface area (Å²) in [6.45, 7) is 5.61. The Morgan fingerprint density at radius 2 is 1.79 bits per heavy atom. The molecule has 0 radical (unpaired) electrons. The van der Waals surface area contributed by atoms with Gasteiger partial charge in [-0.25, -0.2) is 17.9 Å². The van der Waals surface area contributed by atoms with E-state index in [1.165, 1.54) is 29.9 Å². The average molecular weight is 492 g/mol. The lowest BCUT2D eigenvalue weighted by Crippen LogP contribution is -2.32. The molecule has 176 valence electrons. The molecule has 0 aliphatic rings. The van der Waals surface area contributed by atoms with Gasteiger partial charge in [-0.3, -0.25) is 13.8 Å². The predicted octanol–water partition coefficient (Wildman–Crippen LogP) is 3.78. The van der Waals surface area contributed by atoms with Crippen molar-refractivity contribution in [3.63, 3.8) is 0 Å². The summed E-state index contributed by atoms with van der Waals surface area (Å²) in [6, 6.07) is 12.7. The molecule has 2 aromatic carbocycles. The molecule has 0 aliphatic heterocycles.